The summed E-state index contributed by atoms with van der Waals surface area (Å²) in [6.45, 7) is 1.56. The molecule has 4 nitrogen and oxygen atoms in total. The summed E-state index contributed by atoms with van der Waals surface area (Å²) < 4.78 is 0. The Balaban J connectivity index is 2.61. The Morgan fingerprint density at radius 3 is 2.53 bits per heavy atom. The minimum atomic E-state index is -0.685. The Morgan fingerprint density at radius 2 is 2.06 bits per heavy atom. The molecule has 1 rings (SSSR count). The summed E-state index contributed by atoms with van der Waals surface area (Å²) in [6, 6.07) is 5.72. The fourth-order valence-electron chi connectivity index (χ4n) is 1.28. The third-order valence-corrected chi connectivity index (χ3v) is 2.48. The number of halogens is 1. The molecule has 0 saturated carbocycles. The highest BCUT2D eigenvalue weighted by Crippen LogP contribution is 2.10. The summed E-state index contributed by atoms with van der Waals surface area (Å²) in [5.74, 6) is -0.368. The van der Waals surface area contributed by atoms with Gasteiger partial charge in [0.15, 0.2) is 0 Å². The van der Waals surface area contributed by atoms with Gasteiger partial charge in [0.05, 0.1) is 12.1 Å². The number of hydrogen-bond acceptors (Lipinski definition) is 3. The quantitative estimate of drug-likeness (QED) is 0.816. The second-order valence-corrected chi connectivity index (χ2v) is 4.23. The Kier molecular flexibility index (Phi) is 5.12. The highest BCUT2D eigenvalue weighted by molar-refractivity contribution is 6.30. The van der Waals surface area contributed by atoms with E-state index in [1.165, 1.54) is 0 Å². The monoisotopic (exact) mass is 253 g/mol. The molecule has 0 saturated heterocycles. The van der Waals surface area contributed by atoms with Crippen molar-refractivity contribution in [3.8, 4) is 0 Å². The molecule has 91 valence electrons. The summed E-state index contributed by atoms with van der Waals surface area (Å²) in [7, 11) is 0. The van der Waals surface area contributed by atoms with E-state index >= 15 is 0 Å². The molecule has 0 aliphatic rings. The Labute approximate surface area is 105 Å². The molecule has 0 aliphatic carbocycles. The van der Waals surface area contributed by atoms with Crippen LogP contribution in [0.15, 0.2) is 24.3 Å². The molecular weight excluding hydrogens is 240 g/mol. The van der Waals surface area contributed by atoms with Crippen LogP contribution in [0, 0.1) is 0 Å². The van der Waals surface area contributed by atoms with Crippen molar-refractivity contribution in [3.05, 3.63) is 34.9 Å². The van der Waals surface area contributed by atoms with Crippen LogP contribution in [0.25, 0.3) is 0 Å². The largest absolute Gasteiger partial charge is 0.344 e. The zero-order chi connectivity index (χ0) is 12.8. The SMILES string of the molecule is C[C@@H](N)C(=O)N[C@@H]([C]=O)Cc1ccc(Cl)cc1. The maximum absolute atomic E-state index is 11.3. The molecule has 0 heterocycles. The van der Waals surface area contributed by atoms with Crippen molar-refractivity contribution in [2.75, 3.05) is 0 Å². The molecular formula is C12H14ClN2O2. The summed E-state index contributed by atoms with van der Waals surface area (Å²) >= 11 is 5.74. The zero-order valence-corrected chi connectivity index (χ0v) is 10.2. The first-order valence-electron chi connectivity index (χ1n) is 5.21. The molecule has 1 radical (unpaired) electrons. The Bertz CT molecular complexity index is 390. The number of nitrogens with two attached hydrogens (primary N) is 1. The molecule has 0 bridgehead atoms. The highest BCUT2D eigenvalue weighted by atomic mass is 35.5. The van der Waals surface area contributed by atoms with Crippen molar-refractivity contribution in [2.24, 2.45) is 5.73 Å². The van der Waals surface area contributed by atoms with Crippen LogP contribution < -0.4 is 11.1 Å². The summed E-state index contributed by atoms with van der Waals surface area (Å²) in [5.41, 5.74) is 6.29. The predicted molar refractivity (Wildman–Crippen MR) is 66.4 cm³/mol. The number of hydrogen-bond donors (Lipinski definition) is 2. The van der Waals surface area contributed by atoms with Crippen LogP contribution in [0.3, 0.4) is 0 Å². The van der Waals surface area contributed by atoms with Crippen molar-refractivity contribution < 1.29 is 9.59 Å². The summed E-state index contributed by atoms with van der Waals surface area (Å²) in [6.07, 6.45) is 2.15. The minimum Gasteiger partial charge on any atom is -0.344 e. The molecule has 0 aromatic heterocycles. The Morgan fingerprint density at radius 1 is 1.47 bits per heavy atom. The zero-order valence-electron chi connectivity index (χ0n) is 9.44. The van der Waals surface area contributed by atoms with Gasteiger partial charge in [0.1, 0.15) is 0 Å². The van der Waals surface area contributed by atoms with Crippen LogP contribution in [-0.4, -0.2) is 24.3 Å². The third-order valence-electron chi connectivity index (χ3n) is 2.23. The van der Waals surface area contributed by atoms with E-state index in [-0.39, 0.29) is 5.91 Å². The van der Waals surface area contributed by atoms with E-state index in [1.54, 1.807) is 37.5 Å². The van der Waals surface area contributed by atoms with Crippen LogP contribution >= 0.6 is 11.6 Å². The average Bonchev–Trinajstić information content (AvgIpc) is 2.30. The van der Waals surface area contributed by atoms with Gasteiger partial charge >= 0.3 is 0 Å². The average molecular weight is 254 g/mol. The molecule has 0 unspecified atom stereocenters. The van der Waals surface area contributed by atoms with Crippen LogP contribution in [0.1, 0.15) is 12.5 Å². The third kappa shape index (κ3) is 4.54. The van der Waals surface area contributed by atoms with Gasteiger partial charge in [-0.1, -0.05) is 23.7 Å². The van der Waals surface area contributed by atoms with Gasteiger partial charge in [0, 0.05) is 11.4 Å². The smallest absolute Gasteiger partial charge is 0.237 e. The number of benzene rings is 1. The summed E-state index contributed by atoms with van der Waals surface area (Å²) in [4.78, 5) is 22.0. The molecule has 1 amide bonds. The van der Waals surface area contributed by atoms with E-state index < -0.39 is 12.1 Å². The van der Waals surface area contributed by atoms with Crippen LogP contribution in [0.5, 0.6) is 0 Å². The fraction of sp³-hybridized carbons (Fsp3) is 0.333. The van der Waals surface area contributed by atoms with Crippen LogP contribution in [-0.2, 0) is 16.0 Å². The maximum atomic E-state index is 11.3. The maximum Gasteiger partial charge on any atom is 0.237 e. The molecule has 0 spiro atoms. The van der Waals surface area contributed by atoms with Gasteiger partial charge in [-0.15, -0.1) is 0 Å². The topological polar surface area (TPSA) is 72.2 Å². The molecule has 3 N–H and O–H groups in total. The van der Waals surface area contributed by atoms with Crippen molar-refractivity contribution >= 4 is 23.8 Å². The molecule has 17 heavy (non-hydrogen) atoms. The number of rotatable bonds is 5. The minimum absolute atomic E-state index is 0.368. The van der Waals surface area contributed by atoms with Gasteiger partial charge in [0.25, 0.3) is 0 Å². The van der Waals surface area contributed by atoms with Gasteiger partial charge in [-0.2, -0.15) is 0 Å². The predicted octanol–water partition coefficient (Wildman–Crippen LogP) is 0.824. The van der Waals surface area contributed by atoms with E-state index in [0.29, 0.717) is 11.4 Å². The lowest BCUT2D eigenvalue weighted by atomic mass is 10.1. The first-order chi connectivity index (χ1) is 8.02. The highest BCUT2D eigenvalue weighted by Gasteiger charge is 2.15. The number of carbonyl (C=O) groups is 1. The van der Waals surface area contributed by atoms with Gasteiger partial charge in [-0.3, -0.25) is 9.59 Å². The van der Waals surface area contributed by atoms with E-state index in [9.17, 15) is 9.59 Å². The van der Waals surface area contributed by atoms with E-state index in [4.69, 9.17) is 17.3 Å². The van der Waals surface area contributed by atoms with Crippen LogP contribution in [0.4, 0.5) is 0 Å². The molecule has 2 atom stereocenters. The first kappa shape index (κ1) is 13.7. The van der Waals surface area contributed by atoms with Gasteiger partial charge in [0.2, 0.25) is 12.2 Å². The van der Waals surface area contributed by atoms with Gasteiger partial charge in [-0.25, -0.2) is 0 Å². The Hall–Kier alpha value is -1.39. The van der Waals surface area contributed by atoms with E-state index in [2.05, 4.69) is 5.32 Å². The second-order valence-electron chi connectivity index (χ2n) is 3.80. The first-order valence-corrected chi connectivity index (χ1v) is 5.59. The van der Waals surface area contributed by atoms with Crippen molar-refractivity contribution in [3.63, 3.8) is 0 Å². The summed E-state index contributed by atoms with van der Waals surface area (Å²) in [5, 5.41) is 3.13. The van der Waals surface area contributed by atoms with Crippen molar-refractivity contribution in [2.45, 2.75) is 25.4 Å². The number of amides is 1. The van der Waals surface area contributed by atoms with Gasteiger partial charge < -0.3 is 11.1 Å². The fourth-order valence-corrected chi connectivity index (χ4v) is 1.41. The van der Waals surface area contributed by atoms with Gasteiger partial charge in [-0.05, 0) is 24.6 Å². The lowest BCUT2D eigenvalue weighted by molar-refractivity contribution is -0.122. The van der Waals surface area contributed by atoms with E-state index in [1.807, 2.05) is 0 Å². The standard InChI is InChI=1S/C12H14ClN2O2/c1-8(14)12(17)15-11(7-16)6-9-2-4-10(13)5-3-9/h2-5,8,11H,6,14H2,1H3,(H,15,17)/t8-,11-/m1/s1. The molecule has 1 aromatic carbocycles. The second kappa shape index (κ2) is 6.37. The molecule has 1 aromatic rings. The molecule has 5 heteroatoms. The van der Waals surface area contributed by atoms with E-state index in [0.717, 1.165) is 5.56 Å². The number of carbonyl (C=O) groups excluding carboxylic acids is 2. The normalized spacial score (nSPS) is 13.8. The van der Waals surface area contributed by atoms with Crippen LogP contribution in [0.2, 0.25) is 5.02 Å². The lowest BCUT2D eigenvalue weighted by Crippen LogP contribution is -2.45. The lowest BCUT2D eigenvalue weighted by Gasteiger charge is -2.13. The van der Waals surface area contributed by atoms with Crippen molar-refractivity contribution in [1.82, 2.24) is 5.32 Å². The number of nitrogens with one attached hydrogen (secondary N) is 1. The molecule has 0 fully saturated rings. The molecule has 0 aliphatic heterocycles. The van der Waals surface area contributed by atoms with Crippen molar-refractivity contribution in [1.29, 1.82) is 0 Å².